The van der Waals surface area contributed by atoms with E-state index >= 15 is 0 Å². The van der Waals surface area contributed by atoms with Gasteiger partial charge in [0.05, 0.1) is 19.3 Å². The summed E-state index contributed by atoms with van der Waals surface area (Å²) in [6.45, 7) is 0. The fourth-order valence-electron chi connectivity index (χ4n) is 0.813. The van der Waals surface area contributed by atoms with Gasteiger partial charge in [-0.1, -0.05) is 0 Å². The van der Waals surface area contributed by atoms with Gasteiger partial charge in [0.15, 0.2) is 5.82 Å². The summed E-state index contributed by atoms with van der Waals surface area (Å²) in [5.74, 6) is -1.15. The number of rotatable bonds is 1. The Labute approximate surface area is 95.9 Å². The van der Waals surface area contributed by atoms with Crippen molar-refractivity contribution in [2.75, 3.05) is 5.73 Å². The van der Waals surface area contributed by atoms with Gasteiger partial charge < -0.3 is 11.5 Å². The second-order valence-electron chi connectivity index (χ2n) is 2.31. The number of amides is 1. The van der Waals surface area contributed by atoms with Gasteiger partial charge in [-0.25, -0.2) is 4.39 Å². The van der Waals surface area contributed by atoms with E-state index in [0.29, 0.717) is 0 Å². The Bertz CT molecular complexity index is 383. The number of carbonyl (C=O) groups is 1. The SMILES string of the molecule is NC(=O)c1cc(Br)c(F)c(I)c1N. The minimum Gasteiger partial charge on any atom is -0.397 e. The van der Waals surface area contributed by atoms with Crippen LogP contribution in [0.25, 0.3) is 0 Å². The van der Waals surface area contributed by atoms with E-state index in [1.54, 1.807) is 22.6 Å². The first-order valence-corrected chi connectivity index (χ1v) is 5.05. The van der Waals surface area contributed by atoms with Gasteiger partial charge >= 0.3 is 0 Å². The molecule has 0 fully saturated rings. The number of carbonyl (C=O) groups excluding carboxylic acids is 1. The van der Waals surface area contributed by atoms with E-state index in [2.05, 4.69) is 15.9 Å². The third-order valence-corrected chi connectivity index (χ3v) is 3.10. The minimum absolute atomic E-state index is 0.0776. The molecule has 1 amide bonds. The Morgan fingerprint density at radius 2 is 2.15 bits per heavy atom. The molecule has 0 aromatic heterocycles. The molecular weight excluding hydrogens is 354 g/mol. The van der Waals surface area contributed by atoms with Gasteiger partial charge in [-0.2, -0.15) is 0 Å². The van der Waals surface area contributed by atoms with Gasteiger partial charge in [-0.15, -0.1) is 0 Å². The third-order valence-electron chi connectivity index (χ3n) is 1.47. The molecule has 13 heavy (non-hydrogen) atoms. The monoisotopic (exact) mass is 358 g/mol. The number of nitrogens with two attached hydrogens (primary N) is 2. The van der Waals surface area contributed by atoms with Gasteiger partial charge in [0.25, 0.3) is 5.91 Å². The second kappa shape index (κ2) is 3.79. The van der Waals surface area contributed by atoms with Crippen molar-refractivity contribution in [1.29, 1.82) is 0 Å². The summed E-state index contributed by atoms with van der Waals surface area (Å²) >= 11 is 4.67. The zero-order valence-electron chi connectivity index (χ0n) is 6.27. The average Bonchev–Trinajstić information content (AvgIpc) is 2.07. The van der Waals surface area contributed by atoms with Crippen LogP contribution in [-0.2, 0) is 0 Å². The first-order valence-electron chi connectivity index (χ1n) is 3.18. The average molecular weight is 359 g/mol. The Morgan fingerprint density at radius 1 is 1.62 bits per heavy atom. The highest BCUT2D eigenvalue weighted by Gasteiger charge is 2.15. The molecule has 3 nitrogen and oxygen atoms in total. The lowest BCUT2D eigenvalue weighted by atomic mass is 10.2. The maximum absolute atomic E-state index is 13.1. The van der Waals surface area contributed by atoms with Crippen molar-refractivity contribution in [2.45, 2.75) is 0 Å². The predicted octanol–water partition coefficient (Wildman–Crippen LogP) is 1.87. The lowest BCUT2D eigenvalue weighted by Gasteiger charge is -2.06. The molecule has 0 saturated heterocycles. The number of nitrogen functional groups attached to an aromatic ring is 1. The maximum Gasteiger partial charge on any atom is 0.250 e. The predicted molar refractivity (Wildman–Crippen MR) is 59.7 cm³/mol. The van der Waals surface area contributed by atoms with Gasteiger partial charge in [0.1, 0.15) is 0 Å². The number of hydrogen-bond acceptors (Lipinski definition) is 2. The first-order chi connectivity index (χ1) is 5.95. The minimum atomic E-state index is -0.670. The van der Waals surface area contributed by atoms with Gasteiger partial charge in [-0.05, 0) is 44.6 Å². The van der Waals surface area contributed by atoms with Crippen molar-refractivity contribution >= 4 is 50.1 Å². The van der Waals surface area contributed by atoms with Crippen LogP contribution in [0, 0.1) is 9.39 Å². The molecule has 0 spiro atoms. The molecule has 1 aromatic carbocycles. The fourth-order valence-corrected chi connectivity index (χ4v) is 2.19. The number of hydrogen-bond donors (Lipinski definition) is 2. The van der Waals surface area contributed by atoms with E-state index in [1.165, 1.54) is 6.07 Å². The van der Waals surface area contributed by atoms with Crippen molar-refractivity contribution in [3.63, 3.8) is 0 Å². The normalized spacial score (nSPS) is 10.1. The molecule has 0 aliphatic carbocycles. The van der Waals surface area contributed by atoms with Crippen molar-refractivity contribution in [2.24, 2.45) is 5.73 Å². The van der Waals surface area contributed by atoms with E-state index in [4.69, 9.17) is 11.5 Å². The van der Waals surface area contributed by atoms with Crippen LogP contribution in [0.2, 0.25) is 0 Å². The molecule has 70 valence electrons. The van der Waals surface area contributed by atoms with Crippen molar-refractivity contribution < 1.29 is 9.18 Å². The molecular formula is C7H5BrFIN2O. The zero-order chi connectivity index (χ0) is 10.2. The highest BCUT2D eigenvalue weighted by atomic mass is 127. The Hall–Kier alpha value is -0.370. The van der Waals surface area contributed by atoms with E-state index in [-0.39, 0.29) is 19.3 Å². The van der Waals surface area contributed by atoms with Crippen LogP contribution >= 0.6 is 38.5 Å². The number of halogens is 3. The van der Waals surface area contributed by atoms with Crippen LogP contribution in [0.3, 0.4) is 0 Å². The summed E-state index contributed by atoms with van der Waals surface area (Å²) in [4.78, 5) is 10.8. The standard InChI is InChI=1S/C7H5BrFIN2O/c8-3-1-2(7(12)13)6(11)5(10)4(3)9/h1H,11H2,(H2,12,13). The van der Waals surface area contributed by atoms with Crippen LogP contribution in [0.1, 0.15) is 10.4 Å². The third kappa shape index (κ3) is 1.93. The lowest BCUT2D eigenvalue weighted by molar-refractivity contribution is 0.100. The molecule has 0 saturated carbocycles. The molecule has 1 aromatic rings. The fraction of sp³-hybridized carbons (Fsp3) is 0. The Balaban J connectivity index is 3.50. The molecule has 0 unspecified atom stereocenters. The molecule has 4 N–H and O–H groups in total. The molecule has 0 bridgehead atoms. The summed E-state index contributed by atoms with van der Waals surface area (Å²) in [5.41, 5.74) is 10.7. The van der Waals surface area contributed by atoms with Crippen LogP contribution < -0.4 is 11.5 Å². The Kier molecular flexibility index (Phi) is 3.12. The maximum atomic E-state index is 13.1. The molecule has 0 aliphatic heterocycles. The molecule has 6 heteroatoms. The number of benzene rings is 1. The lowest BCUT2D eigenvalue weighted by Crippen LogP contribution is -2.15. The van der Waals surface area contributed by atoms with Crippen LogP contribution in [0.15, 0.2) is 10.5 Å². The van der Waals surface area contributed by atoms with E-state index in [1.807, 2.05) is 0 Å². The smallest absolute Gasteiger partial charge is 0.250 e. The summed E-state index contributed by atoms with van der Waals surface area (Å²) in [6.07, 6.45) is 0. The first kappa shape index (κ1) is 10.7. The van der Waals surface area contributed by atoms with Crippen molar-refractivity contribution in [3.05, 3.63) is 25.5 Å². The van der Waals surface area contributed by atoms with Crippen LogP contribution in [-0.4, -0.2) is 5.91 Å². The quantitative estimate of drug-likeness (QED) is 0.457. The highest BCUT2D eigenvalue weighted by Crippen LogP contribution is 2.28. The summed E-state index contributed by atoms with van der Waals surface area (Å²) in [7, 11) is 0. The molecule has 0 radical (unpaired) electrons. The largest absolute Gasteiger partial charge is 0.397 e. The van der Waals surface area contributed by atoms with Crippen molar-refractivity contribution in [3.8, 4) is 0 Å². The molecule has 0 atom stereocenters. The summed E-state index contributed by atoms with van der Waals surface area (Å²) in [5, 5.41) is 0. The van der Waals surface area contributed by atoms with E-state index in [9.17, 15) is 9.18 Å². The number of primary amides is 1. The van der Waals surface area contributed by atoms with Crippen molar-refractivity contribution in [1.82, 2.24) is 0 Å². The Morgan fingerprint density at radius 3 is 2.62 bits per heavy atom. The van der Waals surface area contributed by atoms with Gasteiger partial charge in [0.2, 0.25) is 0 Å². The molecule has 1 rings (SSSR count). The summed E-state index contributed by atoms with van der Waals surface area (Å²) in [6, 6.07) is 1.27. The number of anilines is 1. The highest BCUT2D eigenvalue weighted by molar-refractivity contribution is 14.1. The molecule has 0 heterocycles. The van der Waals surface area contributed by atoms with E-state index in [0.717, 1.165) is 0 Å². The van der Waals surface area contributed by atoms with Gasteiger partial charge in [-0.3, -0.25) is 4.79 Å². The summed E-state index contributed by atoms with van der Waals surface area (Å²) < 4.78 is 13.5. The van der Waals surface area contributed by atoms with Crippen LogP contribution in [0.5, 0.6) is 0 Å². The van der Waals surface area contributed by atoms with Gasteiger partial charge in [0, 0.05) is 0 Å². The second-order valence-corrected chi connectivity index (χ2v) is 4.24. The van der Waals surface area contributed by atoms with Crippen LogP contribution in [0.4, 0.5) is 10.1 Å². The zero-order valence-corrected chi connectivity index (χ0v) is 10.0. The molecule has 0 aliphatic rings. The van der Waals surface area contributed by atoms with E-state index < -0.39 is 11.7 Å². The topological polar surface area (TPSA) is 69.1 Å².